The lowest BCUT2D eigenvalue weighted by Crippen LogP contribution is -2.41. The molecule has 1 aliphatic rings. The zero-order valence-corrected chi connectivity index (χ0v) is 14.2. The number of nitrogens with one attached hydrogen (secondary N) is 1. The van der Waals surface area contributed by atoms with E-state index < -0.39 is 0 Å². The van der Waals surface area contributed by atoms with Gasteiger partial charge in [0.2, 0.25) is 0 Å². The Hall–Kier alpha value is -1.60. The largest absolute Gasteiger partial charge is 0.314 e. The molecular formula is C22H29N. The molecule has 122 valence electrons. The lowest BCUT2D eigenvalue weighted by atomic mass is 9.73. The van der Waals surface area contributed by atoms with E-state index in [1.807, 2.05) is 0 Å². The zero-order valence-electron chi connectivity index (χ0n) is 14.2. The Morgan fingerprint density at radius 3 is 2.30 bits per heavy atom. The third-order valence-electron chi connectivity index (χ3n) is 5.25. The molecule has 1 N–H and O–H groups in total. The van der Waals surface area contributed by atoms with E-state index in [-0.39, 0.29) is 0 Å². The van der Waals surface area contributed by atoms with Crippen molar-refractivity contribution in [2.45, 2.75) is 51.0 Å². The van der Waals surface area contributed by atoms with Gasteiger partial charge in [0.15, 0.2) is 0 Å². The molecule has 0 aromatic heterocycles. The minimum atomic E-state index is 0.676. The fraction of sp³-hybridized carbons (Fsp3) is 0.455. The summed E-state index contributed by atoms with van der Waals surface area (Å²) in [5, 5.41) is 3.81. The van der Waals surface area contributed by atoms with Crippen LogP contribution < -0.4 is 5.32 Å². The second-order valence-electron chi connectivity index (χ2n) is 6.93. The minimum Gasteiger partial charge on any atom is -0.314 e. The van der Waals surface area contributed by atoms with Crippen LogP contribution in [0, 0.1) is 5.92 Å². The van der Waals surface area contributed by atoms with Gasteiger partial charge >= 0.3 is 0 Å². The topological polar surface area (TPSA) is 12.0 Å². The summed E-state index contributed by atoms with van der Waals surface area (Å²) in [4.78, 5) is 0. The zero-order chi connectivity index (χ0) is 15.9. The second-order valence-corrected chi connectivity index (χ2v) is 6.93. The smallest absolute Gasteiger partial charge is 0.00989 e. The molecule has 2 aromatic rings. The second kappa shape index (κ2) is 8.31. The molecule has 1 aliphatic carbocycles. The van der Waals surface area contributed by atoms with E-state index in [9.17, 15) is 0 Å². The predicted molar refractivity (Wildman–Crippen MR) is 98.8 cm³/mol. The summed E-state index contributed by atoms with van der Waals surface area (Å²) >= 11 is 0. The molecule has 0 bridgehead atoms. The van der Waals surface area contributed by atoms with Gasteiger partial charge in [0.25, 0.3) is 0 Å². The molecule has 0 amide bonds. The molecule has 2 aromatic carbocycles. The van der Waals surface area contributed by atoms with Crippen LogP contribution >= 0.6 is 0 Å². The van der Waals surface area contributed by atoms with Gasteiger partial charge in [-0.1, -0.05) is 67.6 Å². The SMILES string of the molecule is CCCNC1CCC(c2ccccc2)CC1Cc1ccccc1. The average molecular weight is 307 g/mol. The van der Waals surface area contributed by atoms with Crippen molar-refractivity contribution in [1.82, 2.24) is 5.32 Å². The first-order valence-corrected chi connectivity index (χ1v) is 9.19. The molecule has 0 aliphatic heterocycles. The maximum absolute atomic E-state index is 3.81. The summed E-state index contributed by atoms with van der Waals surface area (Å²) in [5.41, 5.74) is 3.01. The molecule has 1 fully saturated rings. The van der Waals surface area contributed by atoms with Crippen LogP contribution in [0.1, 0.15) is 49.7 Å². The Morgan fingerprint density at radius 1 is 0.913 bits per heavy atom. The van der Waals surface area contributed by atoms with Crippen LogP contribution in [0.25, 0.3) is 0 Å². The molecule has 0 heterocycles. The quantitative estimate of drug-likeness (QED) is 0.775. The first kappa shape index (κ1) is 16.3. The van der Waals surface area contributed by atoms with Crippen LogP contribution in [-0.4, -0.2) is 12.6 Å². The van der Waals surface area contributed by atoms with Gasteiger partial charge in [0, 0.05) is 6.04 Å². The van der Waals surface area contributed by atoms with E-state index >= 15 is 0 Å². The summed E-state index contributed by atoms with van der Waals surface area (Å²) in [7, 11) is 0. The summed E-state index contributed by atoms with van der Waals surface area (Å²) in [6.07, 6.45) is 6.34. The van der Waals surface area contributed by atoms with Gasteiger partial charge < -0.3 is 5.32 Å². The van der Waals surface area contributed by atoms with Gasteiger partial charge in [-0.25, -0.2) is 0 Å². The van der Waals surface area contributed by atoms with Gasteiger partial charge in [0.1, 0.15) is 0 Å². The number of rotatable bonds is 6. The van der Waals surface area contributed by atoms with Gasteiger partial charge in [0.05, 0.1) is 0 Å². The van der Waals surface area contributed by atoms with Crippen LogP contribution in [-0.2, 0) is 6.42 Å². The molecule has 0 radical (unpaired) electrons. The third kappa shape index (κ3) is 4.45. The Balaban J connectivity index is 1.71. The lowest BCUT2D eigenvalue weighted by Gasteiger charge is -2.37. The molecule has 0 saturated heterocycles. The molecule has 3 rings (SSSR count). The molecule has 1 saturated carbocycles. The normalized spacial score (nSPS) is 24.5. The van der Waals surface area contributed by atoms with Crippen LogP contribution in [0.5, 0.6) is 0 Å². The first-order chi connectivity index (χ1) is 11.4. The molecule has 1 nitrogen and oxygen atoms in total. The van der Waals surface area contributed by atoms with Crippen molar-refractivity contribution in [2.24, 2.45) is 5.92 Å². The van der Waals surface area contributed by atoms with Crippen molar-refractivity contribution in [3.8, 4) is 0 Å². The van der Waals surface area contributed by atoms with Crippen LogP contribution in [0.4, 0.5) is 0 Å². The summed E-state index contributed by atoms with van der Waals surface area (Å²) < 4.78 is 0. The van der Waals surface area contributed by atoms with E-state index in [1.54, 1.807) is 0 Å². The van der Waals surface area contributed by atoms with Crippen molar-refractivity contribution in [3.05, 3.63) is 71.8 Å². The van der Waals surface area contributed by atoms with Crippen molar-refractivity contribution < 1.29 is 0 Å². The van der Waals surface area contributed by atoms with Gasteiger partial charge in [-0.05, 0) is 61.6 Å². The van der Waals surface area contributed by atoms with E-state index in [0.29, 0.717) is 6.04 Å². The molecule has 3 unspecified atom stereocenters. The number of hydrogen-bond acceptors (Lipinski definition) is 1. The minimum absolute atomic E-state index is 0.676. The summed E-state index contributed by atoms with van der Waals surface area (Å²) in [5.74, 6) is 1.47. The van der Waals surface area contributed by atoms with Crippen LogP contribution in [0.3, 0.4) is 0 Å². The highest BCUT2D eigenvalue weighted by Gasteiger charge is 2.30. The Morgan fingerprint density at radius 2 is 1.61 bits per heavy atom. The van der Waals surface area contributed by atoms with Crippen LogP contribution in [0.15, 0.2) is 60.7 Å². The van der Waals surface area contributed by atoms with Crippen molar-refractivity contribution >= 4 is 0 Å². The Bertz CT molecular complexity index is 563. The number of benzene rings is 2. The standard InChI is InChI=1S/C22H29N/c1-2-15-23-22-14-13-20(19-11-7-4-8-12-19)17-21(22)16-18-9-5-3-6-10-18/h3-12,20-23H,2,13-17H2,1H3. The van der Waals surface area contributed by atoms with Crippen molar-refractivity contribution in [3.63, 3.8) is 0 Å². The predicted octanol–water partition coefficient (Wildman–Crippen LogP) is 5.18. The van der Waals surface area contributed by atoms with Crippen molar-refractivity contribution in [1.29, 1.82) is 0 Å². The molecule has 0 spiro atoms. The maximum atomic E-state index is 3.81. The van der Waals surface area contributed by atoms with E-state index in [1.165, 1.54) is 43.2 Å². The third-order valence-corrected chi connectivity index (χ3v) is 5.25. The van der Waals surface area contributed by atoms with Crippen LogP contribution in [0.2, 0.25) is 0 Å². The van der Waals surface area contributed by atoms with E-state index in [2.05, 4.69) is 72.9 Å². The first-order valence-electron chi connectivity index (χ1n) is 9.19. The highest BCUT2D eigenvalue weighted by Crippen LogP contribution is 2.37. The monoisotopic (exact) mass is 307 g/mol. The highest BCUT2D eigenvalue weighted by atomic mass is 14.9. The molecule has 23 heavy (non-hydrogen) atoms. The Labute approximate surface area is 141 Å². The van der Waals surface area contributed by atoms with Gasteiger partial charge in [-0.2, -0.15) is 0 Å². The fourth-order valence-electron chi connectivity index (χ4n) is 4.03. The molecular weight excluding hydrogens is 278 g/mol. The lowest BCUT2D eigenvalue weighted by molar-refractivity contribution is 0.238. The Kier molecular flexibility index (Phi) is 5.87. The summed E-state index contributed by atoms with van der Waals surface area (Å²) in [6.45, 7) is 3.40. The van der Waals surface area contributed by atoms with Gasteiger partial charge in [-0.15, -0.1) is 0 Å². The van der Waals surface area contributed by atoms with Gasteiger partial charge in [-0.3, -0.25) is 0 Å². The number of hydrogen-bond donors (Lipinski definition) is 1. The average Bonchev–Trinajstić information content (AvgIpc) is 2.62. The maximum Gasteiger partial charge on any atom is 0.00989 e. The molecule has 3 atom stereocenters. The molecule has 1 heteroatoms. The van der Waals surface area contributed by atoms with Crippen molar-refractivity contribution in [2.75, 3.05) is 6.54 Å². The van der Waals surface area contributed by atoms with E-state index in [4.69, 9.17) is 0 Å². The van der Waals surface area contributed by atoms with E-state index in [0.717, 1.165) is 18.4 Å². The summed E-state index contributed by atoms with van der Waals surface area (Å²) in [6, 6.07) is 22.8. The highest BCUT2D eigenvalue weighted by molar-refractivity contribution is 5.22. The fourth-order valence-corrected chi connectivity index (χ4v) is 4.03.